The van der Waals surface area contributed by atoms with Gasteiger partial charge in [0.15, 0.2) is 0 Å². The molecule has 0 saturated carbocycles. The zero-order valence-corrected chi connectivity index (χ0v) is 9.53. The lowest BCUT2D eigenvalue weighted by Crippen LogP contribution is -2.00. The van der Waals surface area contributed by atoms with Crippen LogP contribution >= 0.6 is 22.6 Å². The minimum absolute atomic E-state index is 0.196. The Kier molecular flexibility index (Phi) is 3.18. The van der Waals surface area contributed by atoms with Crippen LogP contribution in [0.1, 0.15) is 16.8 Å². The van der Waals surface area contributed by atoms with E-state index in [4.69, 9.17) is 0 Å². The van der Waals surface area contributed by atoms with E-state index in [9.17, 15) is 10.1 Å². The molecule has 0 radical (unpaired) electrons. The van der Waals surface area contributed by atoms with E-state index in [1.807, 2.05) is 0 Å². The molecule has 1 aromatic heterocycles. The number of hydrogen-bond acceptors (Lipinski definition) is 3. The third-order valence-corrected chi connectivity index (χ3v) is 2.61. The van der Waals surface area contributed by atoms with Crippen LogP contribution in [-0.2, 0) is 4.43 Å². The van der Waals surface area contributed by atoms with Gasteiger partial charge in [0.05, 0.1) is 10.6 Å². The number of rotatable bonds is 2. The smallest absolute Gasteiger partial charge is 0.259 e. The van der Waals surface area contributed by atoms with Gasteiger partial charge in [0.1, 0.15) is 0 Å². The summed E-state index contributed by atoms with van der Waals surface area (Å²) in [6.45, 7) is 3.45. The molecule has 1 aromatic rings. The highest BCUT2D eigenvalue weighted by atomic mass is 127. The van der Waals surface area contributed by atoms with Crippen molar-refractivity contribution in [2.75, 3.05) is 0 Å². The number of nitrogens with zero attached hydrogens (tertiary/aromatic N) is 2. The second-order valence-corrected chi connectivity index (χ2v) is 3.52. The third-order valence-electron chi connectivity index (χ3n) is 1.88. The molecule has 5 heteroatoms. The maximum atomic E-state index is 10.7. The highest BCUT2D eigenvalue weighted by molar-refractivity contribution is 14.1. The van der Waals surface area contributed by atoms with Crippen LogP contribution in [0.2, 0.25) is 0 Å². The Hall–Kier alpha value is -0.720. The summed E-state index contributed by atoms with van der Waals surface area (Å²) >= 11 is 2.15. The van der Waals surface area contributed by atoms with Gasteiger partial charge in [0.25, 0.3) is 5.69 Å². The third kappa shape index (κ3) is 1.96. The Morgan fingerprint density at radius 1 is 1.62 bits per heavy atom. The quantitative estimate of drug-likeness (QED) is 0.364. The van der Waals surface area contributed by atoms with E-state index in [1.54, 1.807) is 20.0 Å². The average molecular weight is 292 g/mol. The Morgan fingerprint density at radius 3 is 2.69 bits per heavy atom. The number of alkyl halides is 1. The summed E-state index contributed by atoms with van der Waals surface area (Å²) in [4.78, 5) is 14.5. The summed E-state index contributed by atoms with van der Waals surface area (Å²) in [5.41, 5.74) is 2.29. The Morgan fingerprint density at radius 2 is 2.23 bits per heavy atom. The largest absolute Gasteiger partial charge is 0.278 e. The van der Waals surface area contributed by atoms with Gasteiger partial charge in [-0.2, -0.15) is 0 Å². The van der Waals surface area contributed by atoms with Crippen molar-refractivity contribution >= 4 is 28.3 Å². The van der Waals surface area contributed by atoms with Crippen LogP contribution in [0.25, 0.3) is 0 Å². The van der Waals surface area contributed by atoms with E-state index in [2.05, 4.69) is 27.6 Å². The second kappa shape index (κ2) is 3.99. The van der Waals surface area contributed by atoms with Crippen molar-refractivity contribution in [1.82, 2.24) is 4.98 Å². The zero-order chi connectivity index (χ0) is 10.0. The van der Waals surface area contributed by atoms with E-state index in [0.717, 1.165) is 5.69 Å². The van der Waals surface area contributed by atoms with Crippen LogP contribution in [0, 0.1) is 24.0 Å². The summed E-state index contributed by atoms with van der Waals surface area (Å²) in [6.07, 6.45) is 1.55. The van der Waals surface area contributed by atoms with Gasteiger partial charge in [-0.25, -0.2) is 0 Å². The van der Waals surface area contributed by atoms with Gasteiger partial charge in [-0.15, -0.1) is 0 Å². The maximum Gasteiger partial charge on any atom is 0.278 e. The molecule has 1 heterocycles. The molecule has 0 aliphatic heterocycles. The summed E-state index contributed by atoms with van der Waals surface area (Å²) in [6, 6.07) is 0. The molecule has 13 heavy (non-hydrogen) atoms. The first-order valence-corrected chi connectivity index (χ1v) is 5.26. The minimum Gasteiger partial charge on any atom is -0.259 e. The first-order valence-electron chi connectivity index (χ1n) is 3.73. The molecular formula is C8H9IN2O2. The number of aromatic nitrogens is 1. The van der Waals surface area contributed by atoms with E-state index < -0.39 is 0 Å². The second-order valence-electron chi connectivity index (χ2n) is 2.75. The fourth-order valence-electron chi connectivity index (χ4n) is 1.18. The monoisotopic (exact) mass is 292 g/mol. The van der Waals surface area contributed by atoms with E-state index in [1.165, 1.54) is 0 Å². The fourth-order valence-corrected chi connectivity index (χ4v) is 1.95. The van der Waals surface area contributed by atoms with Gasteiger partial charge in [-0.1, -0.05) is 22.6 Å². The van der Waals surface area contributed by atoms with Crippen molar-refractivity contribution < 1.29 is 4.92 Å². The first kappa shape index (κ1) is 10.4. The van der Waals surface area contributed by atoms with Crippen molar-refractivity contribution in [2.45, 2.75) is 18.3 Å². The molecule has 0 aromatic carbocycles. The van der Waals surface area contributed by atoms with Crippen LogP contribution in [0.5, 0.6) is 0 Å². The van der Waals surface area contributed by atoms with Crippen LogP contribution in [-0.4, -0.2) is 9.91 Å². The van der Waals surface area contributed by atoms with E-state index >= 15 is 0 Å². The van der Waals surface area contributed by atoms with Gasteiger partial charge in [-0.3, -0.25) is 15.1 Å². The molecule has 0 N–H and O–H groups in total. The van der Waals surface area contributed by atoms with Crippen LogP contribution in [0.4, 0.5) is 5.69 Å². The van der Waals surface area contributed by atoms with Crippen LogP contribution in [0.15, 0.2) is 6.20 Å². The van der Waals surface area contributed by atoms with Crippen LogP contribution in [0.3, 0.4) is 0 Å². The number of hydrogen-bond donors (Lipinski definition) is 0. The Labute approximate surface area is 89.7 Å². The summed E-state index contributed by atoms with van der Waals surface area (Å²) < 4.78 is 0.699. The Balaban J connectivity index is 3.38. The van der Waals surface area contributed by atoms with E-state index in [-0.39, 0.29) is 10.6 Å². The number of halogens is 1. The molecule has 0 aliphatic carbocycles. The van der Waals surface area contributed by atoms with Gasteiger partial charge >= 0.3 is 0 Å². The molecule has 0 unspecified atom stereocenters. The molecule has 70 valence electrons. The molecular weight excluding hydrogens is 283 g/mol. The molecule has 0 amide bonds. The predicted octanol–water partition coefficient (Wildman–Crippen LogP) is 2.54. The molecule has 0 bridgehead atoms. The fraction of sp³-hybridized carbons (Fsp3) is 0.375. The highest BCUT2D eigenvalue weighted by Crippen LogP contribution is 2.24. The number of nitro groups is 1. The van der Waals surface area contributed by atoms with Crippen LogP contribution < -0.4 is 0 Å². The van der Waals surface area contributed by atoms with Crippen molar-refractivity contribution in [3.8, 4) is 0 Å². The summed E-state index contributed by atoms with van der Waals surface area (Å²) in [5, 5.41) is 10.7. The zero-order valence-electron chi connectivity index (χ0n) is 7.37. The molecule has 0 spiro atoms. The predicted molar refractivity (Wildman–Crippen MR) is 58.1 cm³/mol. The standard InChI is InChI=1S/C8H9IN2O2/c1-5-4-10-7(3-9)6(2)8(5)11(12)13/h4H,3H2,1-2H3. The lowest BCUT2D eigenvalue weighted by atomic mass is 10.1. The summed E-state index contributed by atoms with van der Waals surface area (Å²) in [5.74, 6) is 0. The lowest BCUT2D eigenvalue weighted by molar-refractivity contribution is -0.386. The molecule has 1 rings (SSSR count). The van der Waals surface area contributed by atoms with Crippen molar-refractivity contribution in [2.24, 2.45) is 0 Å². The molecule has 4 nitrogen and oxygen atoms in total. The molecule has 0 aliphatic rings. The first-order chi connectivity index (χ1) is 6.07. The normalized spacial score (nSPS) is 10.1. The molecule has 0 fully saturated rings. The van der Waals surface area contributed by atoms with Gasteiger partial charge in [0, 0.05) is 21.8 Å². The van der Waals surface area contributed by atoms with Gasteiger partial charge in [0.2, 0.25) is 0 Å². The maximum absolute atomic E-state index is 10.7. The lowest BCUT2D eigenvalue weighted by Gasteiger charge is -2.03. The van der Waals surface area contributed by atoms with E-state index in [0.29, 0.717) is 15.6 Å². The van der Waals surface area contributed by atoms with Crippen molar-refractivity contribution in [3.05, 3.63) is 33.1 Å². The molecule has 0 atom stereocenters. The van der Waals surface area contributed by atoms with Crippen molar-refractivity contribution in [3.63, 3.8) is 0 Å². The Bertz CT molecular complexity index is 352. The SMILES string of the molecule is Cc1cnc(CI)c(C)c1[N+](=O)[O-]. The van der Waals surface area contributed by atoms with Crippen molar-refractivity contribution in [1.29, 1.82) is 0 Å². The number of aryl methyl sites for hydroxylation is 1. The van der Waals surface area contributed by atoms with Gasteiger partial charge in [-0.05, 0) is 13.8 Å². The van der Waals surface area contributed by atoms with Gasteiger partial charge < -0.3 is 0 Å². The summed E-state index contributed by atoms with van der Waals surface area (Å²) in [7, 11) is 0. The average Bonchev–Trinajstić information content (AvgIpc) is 2.04. The minimum atomic E-state index is -0.345. The highest BCUT2D eigenvalue weighted by Gasteiger charge is 2.17. The molecule has 0 saturated heterocycles. The number of pyridine rings is 1. The topological polar surface area (TPSA) is 56.0 Å².